The number of amides is 1. The minimum absolute atomic E-state index is 0.0219. The van der Waals surface area contributed by atoms with E-state index in [4.69, 9.17) is 5.11 Å². The first-order chi connectivity index (χ1) is 10.8. The first kappa shape index (κ1) is 17.2. The maximum atomic E-state index is 12.1. The van der Waals surface area contributed by atoms with Gasteiger partial charge in [-0.2, -0.15) is 0 Å². The van der Waals surface area contributed by atoms with Crippen LogP contribution in [0.2, 0.25) is 0 Å². The monoisotopic (exact) mass is 320 g/mol. The quantitative estimate of drug-likeness (QED) is 0.824. The molecule has 2 aromatic rings. The molecule has 0 bridgehead atoms. The Balaban J connectivity index is 2.00. The lowest BCUT2D eigenvalue weighted by Gasteiger charge is -2.31. The second kappa shape index (κ2) is 6.95. The predicted molar refractivity (Wildman–Crippen MR) is 87.2 cm³/mol. The molecule has 2 rings (SSSR count). The number of carbonyl (C=O) groups excluding carboxylic acids is 1. The number of aromatic nitrogens is 3. The van der Waals surface area contributed by atoms with Crippen LogP contribution in [0.1, 0.15) is 33.6 Å². The van der Waals surface area contributed by atoms with Gasteiger partial charge < -0.3 is 10.4 Å². The molecule has 0 aromatic carbocycles. The topological polar surface area (TPSA) is 88.6 Å². The van der Waals surface area contributed by atoms with Crippen LogP contribution >= 0.6 is 0 Å². The third-order valence-corrected chi connectivity index (χ3v) is 3.84. The van der Waals surface area contributed by atoms with Crippen molar-refractivity contribution in [1.82, 2.24) is 19.5 Å². The predicted octanol–water partition coefficient (Wildman–Crippen LogP) is 0.799. The fourth-order valence-corrected chi connectivity index (χ4v) is 2.44. The molecule has 126 valence electrons. The number of aliphatic hydroxyl groups is 1. The van der Waals surface area contributed by atoms with E-state index in [2.05, 4.69) is 10.4 Å². The average Bonchev–Trinajstić information content (AvgIpc) is 2.81. The lowest BCUT2D eigenvalue weighted by atomic mass is 9.85. The van der Waals surface area contributed by atoms with Crippen LogP contribution in [0.4, 0.5) is 0 Å². The van der Waals surface area contributed by atoms with E-state index in [-0.39, 0.29) is 42.6 Å². The molecule has 0 aliphatic heterocycles. The number of hydrogen-bond donors (Lipinski definition) is 2. The molecule has 23 heavy (non-hydrogen) atoms. The summed E-state index contributed by atoms with van der Waals surface area (Å²) in [6.07, 6.45) is 2.32. The van der Waals surface area contributed by atoms with Crippen molar-refractivity contribution in [1.29, 1.82) is 0 Å². The van der Waals surface area contributed by atoms with E-state index in [1.807, 2.05) is 26.8 Å². The SMILES string of the molecule is CC(C)(C)C(CCO)NC(=O)CCn1nc2ccccn2c1=O. The van der Waals surface area contributed by atoms with Gasteiger partial charge in [0.15, 0.2) is 5.65 Å². The second-order valence-corrected chi connectivity index (χ2v) is 6.68. The molecule has 0 spiro atoms. The van der Waals surface area contributed by atoms with Gasteiger partial charge in [0.05, 0.1) is 6.54 Å². The summed E-state index contributed by atoms with van der Waals surface area (Å²) in [5, 5.41) is 16.3. The van der Waals surface area contributed by atoms with Crippen molar-refractivity contribution in [2.24, 2.45) is 5.41 Å². The zero-order valence-electron chi connectivity index (χ0n) is 13.8. The minimum Gasteiger partial charge on any atom is -0.396 e. The molecule has 0 radical (unpaired) electrons. The van der Waals surface area contributed by atoms with Gasteiger partial charge in [-0.05, 0) is 24.0 Å². The highest BCUT2D eigenvalue weighted by molar-refractivity contribution is 5.76. The average molecular weight is 320 g/mol. The zero-order valence-corrected chi connectivity index (χ0v) is 13.8. The third-order valence-electron chi connectivity index (χ3n) is 3.84. The molecule has 7 nitrogen and oxygen atoms in total. The number of aryl methyl sites for hydroxylation is 1. The molecule has 0 aliphatic rings. The van der Waals surface area contributed by atoms with Gasteiger partial charge in [0, 0.05) is 25.3 Å². The summed E-state index contributed by atoms with van der Waals surface area (Å²) < 4.78 is 2.74. The Hall–Kier alpha value is -2.15. The standard InChI is InChI=1S/C16H24N4O3/c1-16(2,3)12(8-11-21)17-14(22)7-10-20-15(23)19-9-5-4-6-13(19)18-20/h4-6,9,12,21H,7-8,10-11H2,1-3H3,(H,17,22). The summed E-state index contributed by atoms with van der Waals surface area (Å²) in [5.41, 5.74) is 0.167. The first-order valence-electron chi connectivity index (χ1n) is 7.77. The molecule has 1 unspecified atom stereocenters. The van der Waals surface area contributed by atoms with Gasteiger partial charge in [-0.3, -0.25) is 9.20 Å². The van der Waals surface area contributed by atoms with Crippen molar-refractivity contribution in [3.05, 3.63) is 34.9 Å². The number of rotatable bonds is 6. The first-order valence-corrected chi connectivity index (χ1v) is 7.77. The van der Waals surface area contributed by atoms with Crippen molar-refractivity contribution < 1.29 is 9.90 Å². The molecule has 0 fully saturated rings. The van der Waals surface area contributed by atoms with Gasteiger partial charge in [-0.25, -0.2) is 9.48 Å². The lowest BCUT2D eigenvalue weighted by molar-refractivity contribution is -0.123. The Morgan fingerprint density at radius 2 is 2.13 bits per heavy atom. The van der Waals surface area contributed by atoms with Gasteiger partial charge in [0.1, 0.15) is 0 Å². The zero-order chi connectivity index (χ0) is 17.0. The molecular weight excluding hydrogens is 296 g/mol. The van der Waals surface area contributed by atoms with Gasteiger partial charge in [0.25, 0.3) is 0 Å². The third kappa shape index (κ3) is 4.19. The largest absolute Gasteiger partial charge is 0.396 e. The molecule has 2 heterocycles. The molecule has 2 aromatic heterocycles. The van der Waals surface area contributed by atoms with E-state index in [0.29, 0.717) is 12.1 Å². The fraction of sp³-hybridized carbons (Fsp3) is 0.562. The number of carbonyl (C=O) groups is 1. The minimum atomic E-state index is -0.254. The molecule has 0 aliphatic carbocycles. The van der Waals surface area contributed by atoms with Crippen molar-refractivity contribution >= 4 is 11.6 Å². The number of pyridine rings is 1. The molecular formula is C16H24N4O3. The Bertz CT molecular complexity index is 727. The Morgan fingerprint density at radius 1 is 1.39 bits per heavy atom. The maximum Gasteiger partial charge on any atom is 0.350 e. The van der Waals surface area contributed by atoms with Crippen LogP contribution in [0.15, 0.2) is 29.2 Å². The van der Waals surface area contributed by atoms with Crippen molar-refractivity contribution in [2.75, 3.05) is 6.61 Å². The van der Waals surface area contributed by atoms with Gasteiger partial charge in [-0.15, -0.1) is 5.10 Å². The molecule has 1 atom stereocenters. The smallest absolute Gasteiger partial charge is 0.350 e. The Kier molecular flexibility index (Phi) is 5.20. The fourth-order valence-electron chi connectivity index (χ4n) is 2.44. The van der Waals surface area contributed by atoms with Gasteiger partial charge >= 0.3 is 5.69 Å². The molecule has 7 heteroatoms. The summed E-state index contributed by atoms with van der Waals surface area (Å²) in [6.45, 7) is 6.29. The van der Waals surface area contributed by atoms with Crippen LogP contribution in [0.25, 0.3) is 5.65 Å². The summed E-state index contributed by atoms with van der Waals surface area (Å²) in [4.78, 5) is 24.3. The van der Waals surface area contributed by atoms with Gasteiger partial charge in [0.2, 0.25) is 5.91 Å². The molecule has 0 saturated heterocycles. The van der Waals surface area contributed by atoms with E-state index < -0.39 is 0 Å². The van der Waals surface area contributed by atoms with E-state index in [1.54, 1.807) is 18.3 Å². The van der Waals surface area contributed by atoms with Crippen LogP contribution in [-0.2, 0) is 11.3 Å². The van der Waals surface area contributed by atoms with Crippen molar-refractivity contribution in [3.8, 4) is 0 Å². The van der Waals surface area contributed by atoms with Crippen molar-refractivity contribution in [3.63, 3.8) is 0 Å². The molecule has 1 amide bonds. The van der Waals surface area contributed by atoms with Crippen LogP contribution in [0.3, 0.4) is 0 Å². The molecule has 2 N–H and O–H groups in total. The van der Waals surface area contributed by atoms with Crippen LogP contribution in [-0.4, -0.2) is 37.8 Å². The highest BCUT2D eigenvalue weighted by Crippen LogP contribution is 2.21. The van der Waals surface area contributed by atoms with E-state index in [1.165, 1.54) is 9.08 Å². The van der Waals surface area contributed by atoms with E-state index >= 15 is 0 Å². The Labute approximate surface area is 134 Å². The summed E-state index contributed by atoms with van der Waals surface area (Å²) >= 11 is 0. The van der Waals surface area contributed by atoms with Gasteiger partial charge in [-0.1, -0.05) is 26.8 Å². The number of nitrogens with zero attached hydrogens (tertiary/aromatic N) is 3. The highest BCUT2D eigenvalue weighted by Gasteiger charge is 2.25. The number of hydrogen-bond acceptors (Lipinski definition) is 4. The number of nitrogens with one attached hydrogen (secondary N) is 1. The number of fused-ring (bicyclic) bond motifs is 1. The van der Waals surface area contributed by atoms with Crippen molar-refractivity contribution in [2.45, 2.75) is 46.2 Å². The molecule has 0 saturated carbocycles. The second-order valence-electron chi connectivity index (χ2n) is 6.68. The van der Waals surface area contributed by atoms with Crippen LogP contribution < -0.4 is 11.0 Å². The summed E-state index contributed by atoms with van der Waals surface area (Å²) in [7, 11) is 0. The van der Waals surface area contributed by atoms with E-state index in [0.717, 1.165) is 0 Å². The van der Waals surface area contributed by atoms with Crippen LogP contribution in [0, 0.1) is 5.41 Å². The van der Waals surface area contributed by atoms with Crippen LogP contribution in [0.5, 0.6) is 0 Å². The highest BCUT2D eigenvalue weighted by atomic mass is 16.3. The van der Waals surface area contributed by atoms with E-state index in [9.17, 15) is 9.59 Å². The normalized spacial score (nSPS) is 13.2. The Morgan fingerprint density at radius 3 is 2.74 bits per heavy atom. The maximum absolute atomic E-state index is 12.1. The summed E-state index contributed by atoms with van der Waals surface area (Å²) in [5.74, 6) is -0.151. The summed E-state index contributed by atoms with van der Waals surface area (Å²) in [6, 6.07) is 5.20. The number of aliphatic hydroxyl groups excluding tert-OH is 1. The lowest BCUT2D eigenvalue weighted by Crippen LogP contribution is -2.44.